The average molecular weight is 348 g/mol. The van der Waals surface area contributed by atoms with E-state index in [1.54, 1.807) is 6.26 Å². The Hall–Kier alpha value is -1.06. The van der Waals surface area contributed by atoms with E-state index in [0.717, 1.165) is 10.2 Å². The van der Waals surface area contributed by atoms with E-state index < -0.39 is 0 Å². The van der Waals surface area contributed by atoms with E-state index in [1.165, 1.54) is 37.7 Å². The van der Waals surface area contributed by atoms with Gasteiger partial charge < -0.3 is 9.73 Å². The van der Waals surface area contributed by atoms with Crippen molar-refractivity contribution < 1.29 is 4.42 Å². The standard InChI is InChI=1S/C18H22BrNO/c1-20-17(16-15(19)10-13-21-16)18(11-6-3-7-12-18)14-8-4-2-5-9-14/h2,4-5,8-10,13,17,20H,3,6-7,11-12H2,1H3. The van der Waals surface area contributed by atoms with Crippen molar-refractivity contribution in [1.82, 2.24) is 5.32 Å². The summed E-state index contributed by atoms with van der Waals surface area (Å²) in [7, 11) is 2.04. The van der Waals surface area contributed by atoms with Crippen LogP contribution in [0.3, 0.4) is 0 Å². The highest BCUT2D eigenvalue weighted by atomic mass is 79.9. The van der Waals surface area contributed by atoms with Crippen LogP contribution in [0.5, 0.6) is 0 Å². The van der Waals surface area contributed by atoms with Gasteiger partial charge in [-0.15, -0.1) is 0 Å². The van der Waals surface area contributed by atoms with E-state index in [4.69, 9.17) is 4.42 Å². The molecule has 2 aromatic rings. The van der Waals surface area contributed by atoms with Crippen LogP contribution in [0.4, 0.5) is 0 Å². The number of halogens is 1. The molecule has 1 aromatic heterocycles. The van der Waals surface area contributed by atoms with Gasteiger partial charge in [0.1, 0.15) is 5.76 Å². The molecular weight excluding hydrogens is 326 g/mol. The number of nitrogens with one attached hydrogen (secondary N) is 1. The third-order valence-corrected chi connectivity index (χ3v) is 5.50. The molecule has 1 atom stereocenters. The summed E-state index contributed by atoms with van der Waals surface area (Å²) in [6.45, 7) is 0. The van der Waals surface area contributed by atoms with Crippen LogP contribution in [0.2, 0.25) is 0 Å². The number of likely N-dealkylation sites (N-methyl/N-ethyl adjacent to an activating group) is 1. The van der Waals surface area contributed by atoms with Crippen molar-refractivity contribution in [3.05, 3.63) is 58.5 Å². The Labute approximate surface area is 135 Å². The van der Waals surface area contributed by atoms with Gasteiger partial charge in [-0.3, -0.25) is 0 Å². The second-order valence-electron chi connectivity index (χ2n) is 5.94. The molecule has 112 valence electrons. The molecule has 1 aromatic carbocycles. The van der Waals surface area contributed by atoms with E-state index in [-0.39, 0.29) is 11.5 Å². The Morgan fingerprint density at radius 1 is 1.10 bits per heavy atom. The topological polar surface area (TPSA) is 25.2 Å². The van der Waals surface area contributed by atoms with Crippen LogP contribution in [0.15, 0.2) is 51.6 Å². The Kier molecular flexibility index (Phi) is 4.51. The zero-order valence-corrected chi connectivity index (χ0v) is 14.0. The Morgan fingerprint density at radius 3 is 2.38 bits per heavy atom. The SMILES string of the molecule is CNC(c1occc1Br)C1(c2ccccc2)CCCCC1. The van der Waals surface area contributed by atoms with Crippen molar-refractivity contribution in [2.45, 2.75) is 43.6 Å². The third kappa shape index (κ3) is 2.69. The molecule has 3 rings (SSSR count). The first-order valence-corrected chi connectivity index (χ1v) is 8.53. The lowest BCUT2D eigenvalue weighted by atomic mass is 9.64. The van der Waals surface area contributed by atoms with E-state index in [2.05, 4.69) is 51.6 Å². The molecule has 1 aliphatic rings. The summed E-state index contributed by atoms with van der Waals surface area (Å²) in [5, 5.41) is 3.53. The molecule has 1 aliphatic carbocycles. The quantitative estimate of drug-likeness (QED) is 0.821. The number of hydrogen-bond donors (Lipinski definition) is 1. The number of rotatable bonds is 4. The number of furan rings is 1. The van der Waals surface area contributed by atoms with Gasteiger partial charge >= 0.3 is 0 Å². The molecule has 3 heteroatoms. The Balaban J connectivity index is 2.08. The molecule has 1 saturated carbocycles. The van der Waals surface area contributed by atoms with Crippen molar-refractivity contribution in [3.8, 4) is 0 Å². The van der Waals surface area contributed by atoms with Gasteiger partial charge in [0, 0.05) is 5.41 Å². The lowest BCUT2D eigenvalue weighted by molar-refractivity contribution is 0.199. The van der Waals surface area contributed by atoms with Gasteiger partial charge in [-0.1, -0.05) is 49.6 Å². The smallest absolute Gasteiger partial charge is 0.135 e. The fourth-order valence-electron chi connectivity index (χ4n) is 3.87. The van der Waals surface area contributed by atoms with Crippen LogP contribution in [0.1, 0.15) is 49.5 Å². The van der Waals surface area contributed by atoms with Gasteiger partial charge in [-0.05, 0) is 47.4 Å². The van der Waals surface area contributed by atoms with Crippen LogP contribution in [-0.2, 0) is 5.41 Å². The van der Waals surface area contributed by atoms with Crippen LogP contribution in [0.25, 0.3) is 0 Å². The fraction of sp³-hybridized carbons (Fsp3) is 0.444. The predicted molar refractivity (Wildman–Crippen MR) is 89.4 cm³/mol. The molecule has 2 nitrogen and oxygen atoms in total. The molecular formula is C18H22BrNO. The van der Waals surface area contributed by atoms with Crippen molar-refractivity contribution in [2.24, 2.45) is 0 Å². The zero-order chi connectivity index (χ0) is 14.7. The van der Waals surface area contributed by atoms with Gasteiger partial charge in [0.05, 0.1) is 16.8 Å². The molecule has 1 unspecified atom stereocenters. The van der Waals surface area contributed by atoms with Gasteiger partial charge in [-0.2, -0.15) is 0 Å². The summed E-state index contributed by atoms with van der Waals surface area (Å²) in [4.78, 5) is 0. The third-order valence-electron chi connectivity index (χ3n) is 4.84. The summed E-state index contributed by atoms with van der Waals surface area (Å²) in [5.74, 6) is 1.02. The molecule has 0 spiro atoms. The summed E-state index contributed by atoms with van der Waals surface area (Å²) >= 11 is 3.64. The lowest BCUT2D eigenvalue weighted by Crippen LogP contribution is -2.42. The Bertz CT molecular complexity index is 572. The maximum atomic E-state index is 5.81. The normalized spacial score (nSPS) is 19.3. The summed E-state index contributed by atoms with van der Waals surface area (Å²) in [6, 6.07) is 13.1. The first kappa shape index (κ1) is 14.9. The highest BCUT2D eigenvalue weighted by molar-refractivity contribution is 9.10. The second kappa shape index (κ2) is 6.37. The molecule has 0 radical (unpaired) electrons. The second-order valence-corrected chi connectivity index (χ2v) is 6.79. The maximum Gasteiger partial charge on any atom is 0.135 e. The minimum Gasteiger partial charge on any atom is -0.466 e. The van der Waals surface area contributed by atoms with E-state index in [9.17, 15) is 0 Å². The van der Waals surface area contributed by atoms with E-state index >= 15 is 0 Å². The van der Waals surface area contributed by atoms with Crippen LogP contribution in [-0.4, -0.2) is 7.05 Å². The van der Waals surface area contributed by atoms with Gasteiger partial charge in [0.25, 0.3) is 0 Å². The van der Waals surface area contributed by atoms with Crippen molar-refractivity contribution in [3.63, 3.8) is 0 Å². The number of hydrogen-bond acceptors (Lipinski definition) is 2. The van der Waals surface area contributed by atoms with E-state index in [1.807, 2.05) is 13.1 Å². The number of benzene rings is 1. The molecule has 21 heavy (non-hydrogen) atoms. The average Bonchev–Trinajstić information content (AvgIpc) is 2.96. The summed E-state index contributed by atoms with van der Waals surface area (Å²) in [6.07, 6.45) is 8.08. The van der Waals surface area contributed by atoms with Crippen LogP contribution in [0, 0.1) is 0 Å². The maximum absolute atomic E-state index is 5.81. The monoisotopic (exact) mass is 347 g/mol. The molecule has 1 heterocycles. The highest BCUT2D eigenvalue weighted by Crippen LogP contribution is 2.49. The molecule has 0 aliphatic heterocycles. The molecule has 0 saturated heterocycles. The minimum atomic E-state index is 0.120. The van der Waals surface area contributed by atoms with Crippen molar-refractivity contribution >= 4 is 15.9 Å². The highest BCUT2D eigenvalue weighted by Gasteiger charge is 2.43. The van der Waals surface area contributed by atoms with Gasteiger partial charge in [-0.25, -0.2) is 0 Å². The summed E-state index contributed by atoms with van der Waals surface area (Å²) in [5.41, 5.74) is 1.54. The first-order valence-electron chi connectivity index (χ1n) is 7.73. The van der Waals surface area contributed by atoms with Gasteiger partial charge in [0.15, 0.2) is 0 Å². The van der Waals surface area contributed by atoms with Gasteiger partial charge in [0.2, 0.25) is 0 Å². The molecule has 1 N–H and O–H groups in total. The molecule has 1 fully saturated rings. The largest absolute Gasteiger partial charge is 0.466 e. The van der Waals surface area contributed by atoms with E-state index in [0.29, 0.717) is 0 Å². The molecule has 0 amide bonds. The lowest BCUT2D eigenvalue weighted by Gasteiger charge is -2.43. The Morgan fingerprint density at radius 2 is 1.81 bits per heavy atom. The predicted octanol–water partition coefficient (Wildman–Crippen LogP) is 5.20. The van der Waals surface area contributed by atoms with Crippen molar-refractivity contribution in [1.29, 1.82) is 0 Å². The minimum absolute atomic E-state index is 0.120. The van der Waals surface area contributed by atoms with Crippen molar-refractivity contribution in [2.75, 3.05) is 7.05 Å². The zero-order valence-electron chi connectivity index (χ0n) is 12.4. The van der Waals surface area contributed by atoms with Crippen LogP contribution < -0.4 is 5.32 Å². The first-order chi connectivity index (χ1) is 10.3. The van der Waals surface area contributed by atoms with Crippen LogP contribution >= 0.6 is 15.9 Å². The summed E-state index contributed by atoms with van der Waals surface area (Å²) < 4.78 is 6.87. The molecule has 0 bridgehead atoms. The fourth-order valence-corrected chi connectivity index (χ4v) is 4.30.